The van der Waals surface area contributed by atoms with Crippen molar-refractivity contribution in [1.29, 1.82) is 0 Å². The summed E-state index contributed by atoms with van der Waals surface area (Å²) in [5.74, 6) is 0.0197. The summed E-state index contributed by atoms with van der Waals surface area (Å²) in [6, 6.07) is 11.9. The molecule has 0 aliphatic rings. The van der Waals surface area contributed by atoms with Crippen molar-refractivity contribution in [3.63, 3.8) is 0 Å². The molecule has 0 spiro atoms. The highest BCUT2D eigenvalue weighted by molar-refractivity contribution is 5.90. The summed E-state index contributed by atoms with van der Waals surface area (Å²) in [6.07, 6.45) is 4.66. The fourth-order valence-electron chi connectivity index (χ4n) is 1.75. The third-order valence-electron chi connectivity index (χ3n) is 2.64. The lowest BCUT2D eigenvalue weighted by Crippen LogP contribution is -2.12. The van der Waals surface area contributed by atoms with E-state index in [9.17, 15) is 4.79 Å². The molecule has 1 N–H and O–H groups in total. The predicted molar refractivity (Wildman–Crippen MR) is 72.4 cm³/mol. The molecule has 0 atom stereocenters. The Balaban J connectivity index is 1.86. The fourth-order valence-corrected chi connectivity index (χ4v) is 1.75. The van der Waals surface area contributed by atoms with Gasteiger partial charge in [-0.05, 0) is 30.5 Å². The Hall–Kier alpha value is -2.16. The van der Waals surface area contributed by atoms with Crippen LogP contribution in [0.15, 0.2) is 48.8 Å². The molecule has 3 nitrogen and oxygen atoms in total. The molecule has 0 unspecified atom stereocenters. The molecule has 0 saturated heterocycles. The number of amides is 1. The number of nitrogens with one attached hydrogen (secondary N) is 1. The molecule has 2 aromatic rings. The van der Waals surface area contributed by atoms with E-state index in [0.717, 1.165) is 17.7 Å². The number of nitrogens with zero attached hydrogens (tertiary/aromatic N) is 1. The van der Waals surface area contributed by atoms with Crippen LogP contribution in [0.5, 0.6) is 0 Å². The predicted octanol–water partition coefficient (Wildman–Crippen LogP) is 2.96. The third-order valence-corrected chi connectivity index (χ3v) is 2.64. The van der Waals surface area contributed by atoms with Crippen LogP contribution >= 0.6 is 0 Å². The highest BCUT2D eigenvalue weighted by atomic mass is 16.1. The molecule has 1 heterocycles. The molecule has 0 bridgehead atoms. The minimum Gasteiger partial charge on any atom is -0.325 e. The first kappa shape index (κ1) is 12.3. The van der Waals surface area contributed by atoms with E-state index in [1.54, 1.807) is 12.4 Å². The minimum absolute atomic E-state index is 0.0197. The smallest absolute Gasteiger partial charge is 0.224 e. The van der Waals surface area contributed by atoms with Gasteiger partial charge in [-0.1, -0.05) is 30.3 Å². The summed E-state index contributed by atoms with van der Waals surface area (Å²) in [6.45, 7) is 1.95. The van der Waals surface area contributed by atoms with Gasteiger partial charge in [-0.2, -0.15) is 0 Å². The zero-order chi connectivity index (χ0) is 12.8. The van der Waals surface area contributed by atoms with Gasteiger partial charge in [-0.15, -0.1) is 0 Å². The van der Waals surface area contributed by atoms with Crippen molar-refractivity contribution in [3.8, 4) is 0 Å². The van der Waals surface area contributed by atoms with Crippen LogP contribution in [-0.2, 0) is 11.2 Å². The average Bonchev–Trinajstić information content (AvgIpc) is 2.38. The number of aryl methyl sites for hydroxylation is 2. The second kappa shape index (κ2) is 5.96. The van der Waals surface area contributed by atoms with Crippen LogP contribution in [0.25, 0.3) is 0 Å². The lowest BCUT2D eigenvalue weighted by molar-refractivity contribution is -0.116. The second-order valence-corrected chi connectivity index (χ2v) is 4.28. The number of hydrogen-bond acceptors (Lipinski definition) is 2. The maximum atomic E-state index is 11.8. The molecular formula is C15H16N2O. The van der Waals surface area contributed by atoms with Crippen LogP contribution in [0.3, 0.4) is 0 Å². The van der Waals surface area contributed by atoms with Crippen molar-refractivity contribution < 1.29 is 4.79 Å². The number of pyridine rings is 1. The molecule has 1 amide bonds. The zero-order valence-electron chi connectivity index (χ0n) is 10.4. The molecule has 0 fully saturated rings. The van der Waals surface area contributed by atoms with Gasteiger partial charge >= 0.3 is 0 Å². The van der Waals surface area contributed by atoms with Crippen LogP contribution in [0.1, 0.15) is 17.5 Å². The monoisotopic (exact) mass is 240 g/mol. The number of rotatable bonds is 4. The van der Waals surface area contributed by atoms with Crippen molar-refractivity contribution in [2.75, 3.05) is 5.32 Å². The molecule has 0 saturated carbocycles. The highest BCUT2D eigenvalue weighted by Gasteiger charge is 2.03. The summed E-state index contributed by atoms with van der Waals surface area (Å²) in [5.41, 5.74) is 2.97. The molecule has 1 aromatic heterocycles. The Morgan fingerprint density at radius 1 is 1.22 bits per heavy atom. The van der Waals surface area contributed by atoms with Gasteiger partial charge in [0.05, 0.1) is 11.9 Å². The Kier molecular flexibility index (Phi) is 4.07. The van der Waals surface area contributed by atoms with E-state index in [1.165, 1.54) is 5.56 Å². The van der Waals surface area contributed by atoms with Crippen LogP contribution in [-0.4, -0.2) is 10.9 Å². The van der Waals surface area contributed by atoms with Gasteiger partial charge in [0.2, 0.25) is 5.91 Å². The number of anilines is 1. The number of aromatic nitrogens is 1. The zero-order valence-corrected chi connectivity index (χ0v) is 10.4. The van der Waals surface area contributed by atoms with Gasteiger partial charge in [0.1, 0.15) is 0 Å². The number of carbonyl (C=O) groups excluding carboxylic acids is 1. The first-order valence-electron chi connectivity index (χ1n) is 5.99. The van der Waals surface area contributed by atoms with Gasteiger partial charge < -0.3 is 5.32 Å². The van der Waals surface area contributed by atoms with Gasteiger partial charge in [0.25, 0.3) is 0 Å². The Morgan fingerprint density at radius 3 is 2.72 bits per heavy atom. The maximum Gasteiger partial charge on any atom is 0.224 e. The van der Waals surface area contributed by atoms with E-state index < -0.39 is 0 Å². The van der Waals surface area contributed by atoms with Gasteiger partial charge in [-0.3, -0.25) is 9.78 Å². The van der Waals surface area contributed by atoms with Crippen molar-refractivity contribution in [1.82, 2.24) is 4.98 Å². The van der Waals surface area contributed by atoms with E-state index in [0.29, 0.717) is 6.42 Å². The summed E-state index contributed by atoms with van der Waals surface area (Å²) in [4.78, 5) is 15.8. The molecule has 0 aliphatic heterocycles. The normalized spacial score (nSPS) is 10.1. The van der Waals surface area contributed by atoms with E-state index in [-0.39, 0.29) is 5.91 Å². The molecular weight excluding hydrogens is 224 g/mol. The molecule has 0 radical (unpaired) electrons. The molecule has 3 heteroatoms. The summed E-state index contributed by atoms with van der Waals surface area (Å²) >= 11 is 0. The standard InChI is InChI=1S/C15H16N2O/c1-12-9-14(11-16-10-12)17-15(18)8-7-13-5-3-2-4-6-13/h2-6,9-11H,7-8H2,1H3,(H,17,18). The second-order valence-electron chi connectivity index (χ2n) is 4.28. The van der Waals surface area contributed by atoms with Crippen molar-refractivity contribution >= 4 is 11.6 Å². The summed E-state index contributed by atoms with van der Waals surface area (Å²) in [7, 11) is 0. The van der Waals surface area contributed by atoms with Gasteiger partial charge in [-0.25, -0.2) is 0 Å². The number of hydrogen-bond donors (Lipinski definition) is 1. The topological polar surface area (TPSA) is 42.0 Å². The van der Waals surface area contributed by atoms with Crippen LogP contribution in [0, 0.1) is 6.92 Å². The highest BCUT2D eigenvalue weighted by Crippen LogP contribution is 2.09. The molecule has 2 rings (SSSR count). The van der Waals surface area contributed by atoms with Crippen molar-refractivity contribution in [3.05, 3.63) is 59.9 Å². The lowest BCUT2D eigenvalue weighted by atomic mass is 10.1. The molecule has 1 aromatic carbocycles. The van der Waals surface area contributed by atoms with Gasteiger partial charge in [0.15, 0.2) is 0 Å². The van der Waals surface area contributed by atoms with Crippen LogP contribution in [0.4, 0.5) is 5.69 Å². The van der Waals surface area contributed by atoms with E-state index in [4.69, 9.17) is 0 Å². The largest absolute Gasteiger partial charge is 0.325 e. The SMILES string of the molecule is Cc1cncc(NC(=O)CCc2ccccc2)c1. The fraction of sp³-hybridized carbons (Fsp3) is 0.200. The first-order chi connectivity index (χ1) is 8.74. The average molecular weight is 240 g/mol. The van der Waals surface area contributed by atoms with Crippen molar-refractivity contribution in [2.24, 2.45) is 0 Å². The number of benzene rings is 1. The Morgan fingerprint density at radius 2 is 2.00 bits per heavy atom. The lowest BCUT2D eigenvalue weighted by Gasteiger charge is -2.05. The van der Waals surface area contributed by atoms with Crippen LogP contribution in [0.2, 0.25) is 0 Å². The van der Waals surface area contributed by atoms with E-state index in [1.807, 2.05) is 43.3 Å². The minimum atomic E-state index is 0.0197. The number of carbonyl (C=O) groups is 1. The third kappa shape index (κ3) is 3.70. The molecule has 0 aliphatic carbocycles. The summed E-state index contributed by atoms with van der Waals surface area (Å²) < 4.78 is 0. The van der Waals surface area contributed by atoms with E-state index in [2.05, 4.69) is 10.3 Å². The summed E-state index contributed by atoms with van der Waals surface area (Å²) in [5, 5.41) is 2.85. The first-order valence-corrected chi connectivity index (χ1v) is 5.99. The van der Waals surface area contributed by atoms with Gasteiger partial charge in [0, 0.05) is 12.6 Å². The molecule has 92 valence electrons. The maximum absolute atomic E-state index is 11.8. The van der Waals surface area contributed by atoms with Crippen molar-refractivity contribution in [2.45, 2.75) is 19.8 Å². The Labute approximate surface area is 107 Å². The quantitative estimate of drug-likeness (QED) is 0.892. The van der Waals surface area contributed by atoms with E-state index >= 15 is 0 Å². The Bertz CT molecular complexity index is 523. The van der Waals surface area contributed by atoms with Crippen LogP contribution < -0.4 is 5.32 Å². The molecule has 18 heavy (non-hydrogen) atoms.